The maximum Gasteiger partial charge on any atom is 0.131 e. The molecule has 2 aromatic rings. The lowest BCUT2D eigenvalue weighted by Gasteiger charge is -2.13. The van der Waals surface area contributed by atoms with Crippen LogP contribution >= 0.6 is 0 Å². The Morgan fingerprint density at radius 3 is 2.50 bits per heavy atom. The van der Waals surface area contributed by atoms with Gasteiger partial charge in [-0.2, -0.15) is 0 Å². The smallest absolute Gasteiger partial charge is 0.131 e. The van der Waals surface area contributed by atoms with Gasteiger partial charge in [-0.15, -0.1) is 0 Å². The molecule has 0 saturated carbocycles. The number of benzene rings is 2. The first-order valence-electron chi connectivity index (χ1n) is 5.75. The van der Waals surface area contributed by atoms with Crippen LogP contribution in [0.3, 0.4) is 0 Å². The summed E-state index contributed by atoms with van der Waals surface area (Å²) in [4.78, 5) is 0. The second kappa shape index (κ2) is 5.27. The van der Waals surface area contributed by atoms with Crippen LogP contribution in [0.15, 0.2) is 42.5 Å². The molecular formula is C15H14F2O. The van der Waals surface area contributed by atoms with Crippen LogP contribution in [0.2, 0.25) is 0 Å². The lowest BCUT2D eigenvalue weighted by molar-refractivity contribution is 0.173. The molecule has 1 N–H and O–H groups in total. The normalized spacial score (nSPS) is 12.4. The van der Waals surface area contributed by atoms with E-state index in [0.717, 1.165) is 23.3 Å². The first kappa shape index (κ1) is 12.7. The third kappa shape index (κ3) is 2.74. The van der Waals surface area contributed by atoms with E-state index in [1.54, 1.807) is 0 Å². The van der Waals surface area contributed by atoms with Crippen LogP contribution in [0, 0.1) is 18.6 Å². The molecule has 0 amide bonds. The van der Waals surface area contributed by atoms with E-state index in [2.05, 4.69) is 0 Å². The highest BCUT2D eigenvalue weighted by Gasteiger charge is 2.14. The second-order valence-corrected chi connectivity index (χ2v) is 4.31. The summed E-state index contributed by atoms with van der Waals surface area (Å²) in [5.41, 5.74) is 2.12. The highest BCUT2D eigenvalue weighted by molar-refractivity contribution is 5.29. The minimum atomic E-state index is -0.966. The van der Waals surface area contributed by atoms with Crippen molar-refractivity contribution in [3.05, 3.63) is 70.8 Å². The summed E-state index contributed by atoms with van der Waals surface area (Å²) >= 11 is 0. The van der Waals surface area contributed by atoms with Crippen LogP contribution in [0.5, 0.6) is 0 Å². The van der Waals surface area contributed by atoms with E-state index >= 15 is 0 Å². The number of aliphatic hydroxyl groups is 1. The molecule has 0 saturated heterocycles. The minimum Gasteiger partial charge on any atom is -0.388 e. The topological polar surface area (TPSA) is 20.2 Å². The van der Waals surface area contributed by atoms with E-state index in [1.165, 1.54) is 6.07 Å². The van der Waals surface area contributed by atoms with Crippen LogP contribution < -0.4 is 0 Å². The van der Waals surface area contributed by atoms with Gasteiger partial charge in [0.2, 0.25) is 0 Å². The van der Waals surface area contributed by atoms with Gasteiger partial charge in [-0.3, -0.25) is 0 Å². The molecule has 0 aliphatic heterocycles. The molecule has 0 heterocycles. The van der Waals surface area contributed by atoms with Crippen molar-refractivity contribution in [1.82, 2.24) is 0 Å². The predicted molar refractivity (Wildman–Crippen MR) is 66.2 cm³/mol. The third-order valence-electron chi connectivity index (χ3n) is 3.00. The summed E-state index contributed by atoms with van der Waals surface area (Å²) in [5.74, 6) is -1.35. The van der Waals surface area contributed by atoms with Crippen LogP contribution in [0.1, 0.15) is 22.8 Å². The Kier molecular flexibility index (Phi) is 3.72. The maximum absolute atomic E-state index is 13.5. The number of rotatable bonds is 3. The molecule has 1 unspecified atom stereocenters. The summed E-state index contributed by atoms with van der Waals surface area (Å²) in [6, 6.07) is 10.8. The number of hydrogen-bond donors (Lipinski definition) is 1. The van der Waals surface area contributed by atoms with Crippen LogP contribution in [-0.4, -0.2) is 5.11 Å². The fraction of sp³-hybridized carbons (Fsp3) is 0.200. The maximum atomic E-state index is 13.5. The van der Waals surface area contributed by atoms with E-state index in [4.69, 9.17) is 0 Å². The van der Waals surface area contributed by atoms with Crippen molar-refractivity contribution in [1.29, 1.82) is 0 Å². The Morgan fingerprint density at radius 2 is 1.83 bits per heavy atom. The summed E-state index contributed by atoms with van der Waals surface area (Å²) in [5, 5.41) is 10.0. The third-order valence-corrected chi connectivity index (χ3v) is 3.00. The highest BCUT2D eigenvalue weighted by Crippen LogP contribution is 2.23. The van der Waals surface area contributed by atoms with Gasteiger partial charge in [0.1, 0.15) is 11.6 Å². The highest BCUT2D eigenvalue weighted by atomic mass is 19.1. The van der Waals surface area contributed by atoms with Crippen molar-refractivity contribution in [2.24, 2.45) is 0 Å². The number of hydrogen-bond acceptors (Lipinski definition) is 1. The van der Waals surface area contributed by atoms with E-state index in [9.17, 15) is 13.9 Å². The summed E-state index contributed by atoms with van der Waals surface area (Å²) in [6.45, 7) is 1.93. The van der Waals surface area contributed by atoms with Crippen molar-refractivity contribution in [2.75, 3.05) is 0 Å². The van der Waals surface area contributed by atoms with Gasteiger partial charge < -0.3 is 5.11 Å². The Bertz CT molecular complexity index is 552. The monoisotopic (exact) mass is 248 g/mol. The molecule has 3 heteroatoms. The van der Waals surface area contributed by atoms with Gasteiger partial charge in [-0.25, -0.2) is 8.78 Å². The van der Waals surface area contributed by atoms with Gasteiger partial charge in [0.15, 0.2) is 0 Å². The van der Waals surface area contributed by atoms with E-state index in [-0.39, 0.29) is 5.56 Å². The first-order chi connectivity index (χ1) is 8.58. The van der Waals surface area contributed by atoms with Crippen molar-refractivity contribution in [3.8, 4) is 0 Å². The molecule has 0 spiro atoms. The summed E-state index contributed by atoms with van der Waals surface area (Å²) in [6.07, 6.45) is -0.651. The molecule has 0 aliphatic rings. The second-order valence-electron chi connectivity index (χ2n) is 4.31. The van der Waals surface area contributed by atoms with Crippen molar-refractivity contribution >= 4 is 0 Å². The number of halogens is 2. The zero-order valence-corrected chi connectivity index (χ0v) is 10.0. The molecule has 1 nitrogen and oxygen atoms in total. The van der Waals surface area contributed by atoms with Gasteiger partial charge in [0.25, 0.3) is 0 Å². The molecule has 2 rings (SSSR count). The molecule has 0 aliphatic carbocycles. The average molecular weight is 248 g/mol. The number of aliphatic hydroxyl groups excluding tert-OH is 1. The lowest BCUT2D eigenvalue weighted by atomic mass is 9.98. The van der Waals surface area contributed by atoms with Gasteiger partial charge >= 0.3 is 0 Å². The Balaban J connectivity index is 2.22. The van der Waals surface area contributed by atoms with Gasteiger partial charge in [-0.1, -0.05) is 30.3 Å². The average Bonchev–Trinajstić information content (AvgIpc) is 2.32. The SMILES string of the molecule is Cc1ccccc1CC(O)c1ccc(F)cc1F. The van der Waals surface area contributed by atoms with E-state index in [1.807, 2.05) is 31.2 Å². The van der Waals surface area contributed by atoms with Crippen molar-refractivity contribution in [3.63, 3.8) is 0 Å². The first-order valence-corrected chi connectivity index (χ1v) is 5.75. The zero-order chi connectivity index (χ0) is 13.1. The summed E-state index contributed by atoms with van der Waals surface area (Å²) in [7, 11) is 0. The molecule has 1 atom stereocenters. The van der Waals surface area contributed by atoms with E-state index in [0.29, 0.717) is 6.42 Å². The Hall–Kier alpha value is -1.74. The van der Waals surface area contributed by atoms with Crippen molar-refractivity contribution < 1.29 is 13.9 Å². The zero-order valence-electron chi connectivity index (χ0n) is 10.0. The minimum absolute atomic E-state index is 0.125. The van der Waals surface area contributed by atoms with Gasteiger partial charge in [0.05, 0.1) is 6.10 Å². The molecule has 94 valence electrons. The standard InChI is InChI=1S/C15H14F2O/c1-10-4-2-3-5-11(10)8-15(18)13-7-6-12(16)9-14(13)17/h2-7,9,15,18H,8H2,1H3. The molecule has 18 heavy (non-hydrogen) atoms. The number of aryl methyl sites for hydroxylation is 1. The van der Waals surface area contributed by atoms with Crippen molar-refractivity contribution in [2.45, 2.75) is 19.4 Å². The fourth-order valence-electron chi connectivity index (χ4n) is 1.93. The van der Waals surface area contributed by atoms with Crippen LogP contribution in [-0.2, 0) is 6.42 Å². The Labute approximate surface area is 105 Å². The molecule has 0 fully saturated rings. The lowest BCUT2D eigenvalue weighted by Crippen LogP contribution is -2.05. The predicted octanol–water partition coefficient (Wildman–Crippen LogP) is 3.55. The van der Waals surface area contributed by atoms with Crippen LogP contribution in [0.4, 0.5) is 8.78 Å². The Morgan fingerprint density at radius 1 is 1.11 bits per heavy atom. The molecule has 0 radical (unpaired) electrons. The largest absolute Gasteiger partial charge is 0.388 e. The van der Waals surface area contributed by atoms with Crippen LogP contribution in [0.25, 0.3) is 0 Å². The van der Waals surface area contributed by atoms with E-state index < -0.39 is 17.7 Å². The summed E-state index contributed by atoms with van der Waals surface area (Å²) < 4.78 is 26.3. The quantitative estimate of drug-likeness (QED) is 0.880. The molecular weight excluding hydrogens is 234 g/mol. The van der Waals surface area contributed by atoms with Gasteiger partial charge in [-0.05, 0) is 24.1 Å². The molecule has 2 aromatic carbocycles. The molecule has 0 aromatic heterocycles. The fourth-order valence-corrected chi connectivity index (χ4v) is 1.93. The van der Waals surface area contributed by atoms with Gasteiger partial charge in [0, 0.05) is 18.1 Å². The molecule has 0 bridgehead atoms.